The van der Waals surface area contributed by atoms with Crippen LogP contribution in [0.5, 0.6) is 0 Å². The number of carboxylic acid groups (broad SMARTS) is 1. The monoisotopic (exact) mass is 251 g/mol. The molecule has 0 amide bonds. The predicted molar refractivity (Wildman–Crippen MR) is 62.8 cm³/mol. The van der Waals surface area contributed by atoms with Crippen LogP contribution in [0.4, 0.5) is 0 Å². The molecule has 0 spiro atoms. The summed E-state index contributed by atoms with van der Waals surface area (Å²) in [5.74, 6) is -1.06. The maximum Gasteiger partial charge on any atom is 0.356 e. The Balaban J connectivity index is 2.68. The van der Waals surface area contributed by atoms with Gasteiger partial charge in [-0.05, 0) is 31.5 Å². The molecular weight excluding hydrogens is 242 g/mol. The average Bonchev–Trinajstić information content (AvgIpc) is 2.64. The molecule has 0 bridgehead atoms. The maximum atomic E-state index is 11.1. The second-order valence-corrected chi connectivity index (χ2v) is 4.11. The van der Waals surface area contributed by atoms with Crippen molar-refractivity contribution in [1.29, 1.82) is 0 Å². The summed E-state index contributed by atoms with van der Waals surface area (Å²) in [5, 5.41) is 17.3. The van der Waals surface area contributed by atoms with Crippen LogP contribution in [0.3, 0.4) is 0 Å². The van der Waals surface area contributed by atoms with E-state index in [1.165, 1.54) is 4.68 Å². The Labute approximate surface area is 103 Å². The Bertz CT molecular complexity index is 592. The van der Waals surface area contributed by atoms with Crippen molar-refractivity contribution in [3.8, 4) is 5.69 Å². The highest BCUT2D eigenvalue weighted by Crippen LogP contribution is 2.20. The van der Waals surface area contributed by atoms with Gasteiger partial charge >= 0.3 is 5.97 Å². The fourth-order valence-corrected chi connectivity index (χ4v) is 1.75. The Kier molecular flexibility index (Phi) is 2.85. The molecule has 0 atom stereocenters. The summed E-state index contributed by atoms with van der Waals surface area (Å²) in [6.07, 6.45) is 0. The van der Waals surface area contributed by atoms with Crippen LogP contribution < -0.4 is 0 Å². The van der Waals surface area contributed by atoms with Crippen LogP contribution in [0, 0.1) is 13.8 Å². The average molecular weight is 252 g/mol. The molecule has 88 valence electrons. The van der Waals surface area contributed by atoms with Crippen molar-refractivity contribution in [2.45, 2.75) is 13.8 Å². The molecule has 0 saturated heterocycles. The first-order valence-corrected chi connectivity index (χ1v) is 5.30. The second kappa shape index (κ2) is 4.18. The molecule has 5 nitrogen and oxygen atoms in total. The van der Waals surface area contributed by atoms with Crippen molar-refractivity contribution < 1.29 is 9.90 Å². The molecule has 0 aliphatic carbocycles. The van der Waals surface area contributed by atoms with Gasteiger partial charge < -0.3 is 5.11 Å². The zero-order valence-electron chi connectivity index (χ0n) is 9.31. The van der Waals surface area contributed by atoms with Crippen molar-refractivity contribution in [3.05, 3.63) is 40.2 Å². The minimum atomic E-state index is -1.06. The lowest BCUT2D eigenvalue weighted by molar-refractivity contribution is 0.0686. The summed E-state index contributed by atoms with van der Waals surface area (Å²) in [7, 11) is 0. The molecule has 1 aromatic heterocycles. The SMILES string of the molecule is Cc1ccc(Cl)cc1-n1nnc(C)c1C(=O)O. The number of aromatic nitrogens is 3. The first-order valence-electron chi connectivity index (χ1n) is 4.93. The molecule has 6 heteroatoms. The smallest absolute Gasteiger partial charge is 0.356 e. The highest BCUT2D eigenvalue weighted by molar-refractivity contribution is 6.30. The molecule has 1 heterocycles. The molecule has 0 aliphatic rings. The van der Waals surface area contributed by atoms with Crippen LogP contribution in [-0.4, -0.2) is 26.1 Å². The van der Waals surface area contributed by atoms with E-state index < -0.39 is 5.97 Å². The fraction of sp³-hybridized carbons (Fsp3) is 0.182. The topological polar surface area (TPSA) is 68.0 Å². The summed E-state index contributed by atoms with van der Waals surface area (Å²) in [6.45, 7) is 3.46. The third-order valence-corrected chi connectivity index (χ3v) is 2.68. The first kappa shape index (κ1) is 11.6. The van der Waals surface area contributed by atoms with E-state index in [1.54, 1.807) is 25.1 Å². The summed E-state index contributed by atoms with van der Waals surface area (Å²) < 4.78 is 1.29. The van der Waals surface area contributed by atoms with Crippen LogP contribution in [0.25, 0.3) is 5.69 Å². The summed E-state index contributed by atoms with van der Waals surface area (Å²) in [4.78, 5) is 11.1. The molecule has 0 fully saturated rings. The molecule has 1 N–H and O–H groups in total. The second-order valence-electron chi connectivity index (χ2n) is 3.67. The molecule has 2 aromatic rings. The molecule has 0 unspecified atom stereocenters. The van der Waals surface area contributed by atoms with Crippen LogP contribution in [-0.2, 0) is 0 Å². The van der Waals surface area contributed by atoms with Crippen LogP contribution in [0.15, 0.2) is 18.2 Å². The van der Waals surface area contributed by atoms with Crippen molar-refractivity contribution in [1.82, 2.24) is 15.0 Å². The quantitative estimate of drug-likeness (QED) is 0.889. The third-order valence-electron chi connectivity index (χ3n) is 2.44. The Morgan fingerprint density at radius 2 is 2.12 bits per heavy atom. The molecule has 17 heavy (non-hydrogen) atoms. The van der Waals surface area contributed by atoms with Crippen molar-refractivity contribution in [2.75, 3.05) is 0 Å². The maximum absolute atomic E-state index is 11.1. The molecular formula is C11H10ClN3O2. The highest BCUT2D eigenvalue weighted by Gasteiger charge is 2.18. The number of hydrogen-bond acceptors (Lipinski definition) is 3. The Hall–Kier alpha value is -1.88. The summed E-state index contributed by atoms with van der Waals surface area (Å²) in [6, 6.07) is 5.21. The van der Waals surface area contributed by atoms with Crippen LogP contribution in [0.2, 0.25) is 5.02 Å². The number of aryl methyl sites for hydroxylation is 2. The number of carbonyl (C=O) groups is 1. The largest absolute Gasteiger partial charge is 0.476 e. The van der Waals surface area contributed by atoms with Crippen molar-refractivity contribution >= 4 is 17.6 Å². The van der Waals surface area contributed by atoms with Crippen molar-refractivity contribution in [3.63, 3.8) is 0 Å². The summed E-state index contributed by atoms with van der Waals surface area (Å²) >= 11 is 5.90. The van der Waals surface area contributed by atoms with Crippen LogP contribution in [0.1, 0.15) is 21.7 Å². The zero-order chi connectivity index (χ0) is 12.6. The number of rotatable bonds is 2. The number of hydrogen-bond donors (Lipinski definition) is 1. The lowest BCUT2D eigenvalue weighted by Gasteiger charge is -2.07. The highest BCUT2D eigenvalue weighted by atomic mass is 35.5. The number of benzene rings is 1. The predicted octanol–water partition coefficient (Wildman–Crippen LogP) is 2.24. The van der Waals surface area contributed by atoms with Gasteiger partial charge in [0.1, 0.15) is 0 Å². The number of halogens is 1. The summed E-state index contributed by atoms with van der Waals surface area (Å²) in [5.41, 5.74) is 1.92. The van der Waals surface area contributed by atoms with E-state index in [0.29, 0.717) is 16.4 Å². The van der Waals surface area contributed by atoms with Gasteiger partial charge in [0.15, 0.2) is 5.69 Å². The van der Waals surface area contributed by atoms with Gasteiger partial charge in [-0.25, -0.2) is 9.48 Å². The van der Waals surface area contributed by atoms with Gasteiger partial charge in [-0.3, -0.25) is 0 Å². The van der Waals surface area contributed by atoms with Crippen molar-refractivity contribution in [2.24, 2.45) is 0 Å². The lowest BCUT2D eigenvalue weighted by Crippen LogP contribution is -2.10. The number of carboxylic acids is 1. The number of nitrogens with zero attached hydrogens (tertiary/aromatic N) is 3. The Morgan fingerprint density at radius 1 is 1.41 bits per heavy atom. The fourth-order valence-electron chi connectivity index (χ4n) is 1.58. The van der Waals surface area contributed by atoms with Gasteiger partial charge in [0, 0.05) is 5.02 Å². The van der Waals surface area contributed by atoms with E-state index in [0.717, 1.165) is 5.56 Å². The van der Waals surface area contributed by atoms with E-state index in [2.05, 4.69) is 10.3 Å². The first-order chi connectivity index (χ1) is 8.00. The molecule has 0 radical (unpaired) electrons. The van der Waals surface area contributed by atoms with Gasteiger partial charge in [0.25, 0.3) is 0 Å². The zero-order valence-corrected chi connectivity index (χ0v) is 10.1. The van der Waals surface area contributed by atoms with E-state index >= 15 is 0 Å². The molecule has 0 saturated carbocycles. The van der Waals surface area contributed by atoms with E-state index in [9.17, 15) is 4.79 Å². The third kappa shape index (κ3) is 2.01. The minimum absolute atomic E-state index is 0.0513. The van der Waals surface area contributed by atoms with Gasteiger partial charge in [-0.1, -0.05) is 22.9 Å². The normalized spacial score (nSPS) is 10.5. The van der Waals surface area contributed by atoms with Gasteiger partial charge in [0.05, 0.1) is 11.4 Å². The number of aromatic carboxylic acids is 1. The molecule has 0 aliphatic heterocycles. The minimum Gasteiger partial charge on any atom is -0.476 e. The van der Waals surface area contributed by atoms with Crippen LogP contribution >= 0.6 is 11.6 Å². The van der Waals surface area contributed by atoms with Gasteiger partial charge in [0.2, 0.25) is 0 Å². The molecule has 1 aromatic carbocycles. The van der Waals surface area contributed by atoms with Gasteiger partial charge in [-0.2, -0.15) is 0 Å². The van der Waals surface area contributed by atoms with E-state index in [1.807, 2.05) is 6.92 Å². The van der Waals surface area contributed by atoms with E-state index in [-0.39, 0.29) is 5.69 Å². The Morgan fingerprint density at radius 3 is 2.76 bits per heavy atom. The van der Waals surface area contributed by atoms with Gasteiger partial charge in [-0.15, -0.1) is 5.10 Å². The van der Waals surface area contributed by atoms with E-state index in [4.69, 9.17) is 16.7 Å². The standard InChI is InChI=1S/C11H10ClN3O2/c1-6-3-4-8(12)5-9(6)15-10(11(16)17)7(2)13-14-15/h3-5H,1-2H3,(H,16,17). The molecule has 2 rings (SSSR count). The lowest BCUT2D eigenvalue weighted by atomic mass is 10.2.